The highest BCUT2D eigenvalue weighted by Crippen LogP contribution is 2.04. The van der Waals surface area contributed by atoms with Crippen molar-refractivity contribution in [1.82, 2.24) is 9.97 Å². The second kappa shape index (κ2) is 7.09. The van der Waals surface area contributed by atoms with Crippen LogP contribution < -0.4 is 0 Å². The maximum absolute atomic E-state index is 5.65. The molecule has 0 atom stereocenters. The summed E-state index contributed by atoms with van der Waals surface area (Å²) in [6, 6.07) is 10.4. The van der Waals surface area contributed by atoms with Gasteiger partial charge in [0.1, 0.15) is 5.15 Å². The second-order valence-electron chi connectivity index (χ2n) is 3.97. The topological polar surface area (TPSA) is 35.0 Å². The Bertz CT molecular complexity index is 459. The first-order valence-electron chi connectivity index (χ1n) is 5.93. The lowest BCUT2D eigenvalue weighted by Gasteiger charge is -2.04. The van der Waals surface area contributed by atoms with E-state index in [1.807, 2.05) is 6.07 Å². The van der Waals surface area contributed by atoms with E-state index in [1.165, 1.54) is 11.8 Å². The Hall–Kier alpha value is -1.45. The van der Waals surface area contributed by atoms with Gasteiger partial charge in [-0.1, -0.05) is 41.9 Å². The zero-order chi connectivity index (χ0) is 12.6. The van der Waals surface area contributed by atoms with Gasteiger partial charge in [0.25, 0.3) is 0 Å². The van der Waals surface area contributed by atoms with Crippen LogP contribution in [0.2, 0.25) is 5.15 Å². The van der Waals surface area contributed by atoms with Crippen LogP contribution in [0.3, 0.4) is 0 Å². The molecular formula is C14H15ClN2O. The molecular weight excluding hydrogens is 248 g/mol. The van der Waals surface area contributed by atoms with E-state index in [9.17, 15) is 0 Å². The number of benzene rings is 1. The van der Waals surface area contributed by atoms with E-state index in [1.54, 1.807) is 6.20 Å². The molecule has 0 fully saturated rings. The van der Waals surface area contributed by atoms with Crippen LogP contribution in [0.15, 0.2) is 42.7 Å². The van der Waals surface area contributed by atoms with Crippen LogP contribution in [0.4, 0.5) is 0 Å². The van der Waals surface area contributed by atoms with Crippen LogP contribution in [-0.4, -0.2) is 16.6 Å². The molecule has 0 aliphatic carbocycles. The maximum atomic E-state index is 5.65. The van der Waals surface area contributed by atoms with Crippen LogP contribution in [0.1, 0.15) is 17.7 Å². The van der Waals surface area contributed by atoms with E-state index in [4.69, 9.17) is 16.3 Å². The van der Waals surface area contributed by atoms with E-state index in [0.717, 1.165) is 25.1 Å². The van der Waals surface area contributed by atoms with Crippen LogP contribution >= 0.6 is 11.6 Å². The molecule has 18 heavy (non-hydrogen) atoms. The Balaban J connectivity index is 1.63. The fourth-order valence-electron chi connectivity index (χ4n) is 1.61. The van der Waals surface area contributed by atoms with Gasteiger partial charge in [-0.05, 0) is 18.4 Å². The van der Waals surface area contributed by atoms with Crippen LogP contribution in [0, 0.1) is 0 Å². The molecule has 1 aromatic heterocycles. The summed E-state index contributed by atoms with van der Waals surface area (Å²) in [5.41, 5.74) is 2.14. The van der Waals surface area contributed by atoms with E-state index in [-0.39, 0.29) is 0 Å². The molecule has 0 aliphatic rings. The van der Waals surface area contributed by atoms with Crippen molar-refractivity contribution < 1.29 is 4.74 Å². The van der Waals surface area contributed by atoms with Gasteiger partial charge in [0.2, 0.25) is 0 Å². The van der Waals surface area contributed by atoms with Crippen molar-refractivity contribution >= 4 is 11.6 Å². The minimum Gasteiger partial charge on any atom is -0.375 e. The Kier molecular flexibility index (Phi) is 5.12. The molecule has 0 saturated carbocycles. The lowest BCUT2D eigenvalue weighted by atomic mass is 10.1. The van der Waals surface area contributed by atoms with Crippen molar-refractivity contribution in [1.29, 1.82) is 0 Å². The number of halogens is 1. The fourth-order valence-corrected chi connectivity index (χ4v) is 1.71. The van der Waals surface area contributed by atoms with Gasteiger partial charge in [0.15, 0.2) is 0 Å². The van der Waals surface area contributed by atoms with Crippen molar-refractivity contribution in [3.63, 3.8) is 0 Å². The summed E-state index contributed by atoms with van der Waals surface area (Å²) < 4.78 is 5.54. The van der Waals surface area contributed by atoms with Gasteiger partial charge >= 0.3 is 0 Å². The Morgan fingerprint density at radius 3 is 2.61 bits per heavy atom. The van der Waals surface area contributed by atoms with Crippen molar-refractivity contribution in [2.24, 2.45) is 0 Å². The largest absolute Gasteiger partial charge is 0.375 e. The molecule has 94 valence electrons. The van der Waals surface area contributed by atoms with E-state index < -0.39 is 0 Å². The number of aryl methyl sites for hydroxylation is 1. The number of hydrogen-bond donors (Lipinski definition) is 0. The van der Waals surface area contributed by atoms with Gasteiger partial charge in [0.05, 0.1) is 24.7 Å². The third kappa shape index (κ3) is 4.43. The Labute approximate surface area is 112 Å². The van der Waals surface area contributed by atoms with Crippen LogP contribution in [-0.2, 0) is 17.8 Å². The summed E-state index contributed by atoms with van der Waals surface area (Å²) in [4.78, 5) is 8.06. The molecule has 0 N–H and O–H groups in total. The molecule has 2 aromatic rings. The maximum Gasteiger partial charge on any atom is 0.147 e. The summed E-state index contributed by atoms with van der Waals surface area (Å²) in [6.07, 6.45) is 5.21. The first kappa shape index (κ1) is 13.0. The molecule has 4 heteroatoms. The van der Waals surface area contributed by atoms with Crippen molar-refractivity contribution in [2.45, 2.75) is 19.4 Å². The number of hydrogen-bond acceptors (Lipinski definition) is 3. The zero-order valence-corrected chi connectivity index (χ0v) is 10.8. The molecule has 1 heterocycles. The van der Waals surface area contributed by atoms with Gasteiger partial charge in [-0.25, -0.2) is 4.98 Å². The van der Waals surface area contributed by atoms with Crippen molar-refractivity contribution in [2.75, 3.05) is 6.61 Å². The Morgan fingerprint density at radius 2 is 1.89 bits per heavy atom. The van der Waals surface area contributed by atoms with Crippen LogP contribution in [0.5, 0.6) is 0 Å². The fraction of sp³-hybridized carbons (Fsp3) is 0.286. The normalized spacial score (nSPS) is 10.5. The second-order valence-corrected chi connectivity index (χ2v) is 4.36. The Morgan fingerprint density at radius 1 is 1.06 bits per heavy atom. The SMILES string of the molecule is Clc1cnc(COCCCc2ccccc2)cn1. The highest BCUT2D eigenvalue weighted by molar-refractivity contribution is 6.29. The predicted molar refractivity (Wildman–Crippen MR) is 71.5 cm³/mol. The third-order valence-electron chi connectivity index (χ3n) is 2.52. The lowest BCUT2D eigenvalue weighted by molar-refractivity contribution is 0.116. The smallest absolute Gasteiger partial charge is 0.147 e. The molecule has 0 spiro atoms. The quantitative estimate of drug-likeness (QED) is 0.750. The van der Waals surface area contributed by atoms with Gasteiger partial charge in [-0.3, -0.25) is 4.98 Å². The standard InChI is InChI=1S/C14H15ClN2O/c15-14-10-16-13(9-17-14)11-18-8-4-7-12-5-2-1-3-6-12/h1-3,5-6,9-10H,4,7-8,11H2. The van der Waals surface area contributed by atoms with Gasteiger partial charge < -0.3 is 4.74 Å². The molecule has 0 saturated heterocycles. The number of aromatic nitrogens is 2. The molecule has 0 aliphatic heterocycles. The summed E-state index contributed by atoms with van der Waals surface area (Å²) >= 11 is 5.65. The zero-order valence-electron chi connectivity index (χ0n) is 10.1. The number of ether oxygens (including phenoxy) is 1. The highest BCUT2D eigenvalue weighted by Gasteiger charge is 1.97. The average molecular weight is 263 g/mol. The van der Waals surface area contributed by atoms with Gasteiger partial charge in [0, 0.05) is 6.61 Å². The minimum atomic E-state index is 0.405. The molecule has 2 rings (SSSR count). The average Bonchev–Trinajstić information content (AvgIpc) is 2.42. The minimum absolute atomic E-state index is 0.405. The van der Waals surface area contributed by atoms with E-state index >= 15 is 0 Å². The highest BCUT2D eigenvalue weighted by atomic mass is 35.5. The number of rotatable bonds is 6. The first-order chi connectivity index (χ1) is 8.84. The van der Waals surface area contributed by atoms with E-state index in [0.29, 0.717) is 11.8 Å². The molecule has 0 unspecified atom stereocenters. The van der Waals surface area contributed by atoms with Crippen molar-refractivity contribution in [3.05, 3.63) is 59.1 Å². The van der Waals surface area contributed by atoms with Crippen LogP contribution in [0.25, 0.3) is 0 Å². The summed E-state index contributed by atoms with van der Waals surface area (Å²) in [5.74, 6) is 0. The molecule has 0 radical (unpaired) electrons. The van der Waals surface area contributed by atoms with Crippen molar-refractivity contribution in [3.8, 4) is 0 Å². The molecule has 3 nitrogen and oxygen atoms in total. The first-order valence-corrected chi connectivity index (χ1v) is 6.30. The van der Waals surface area contributed by atoms with E-state index in [2.05, 4.69) is 34.2 Å². The monoisotopic (exact) mass is 262 g/mol. The number of nitrogens with zero attached hydrogens (tertiary/aromatic N) is 2. The third-order valence-corrected chi connectivity index (χ3v) is 2.72. The summed E-state index contributed by atoms with van der Waals surface area (Å²) in [6.45, 7) is 1.21. The predicted octanol–water partition coefficient (Wildman–Crippen LogP) is 3.28. The summed E-state index contributed by atoms with van der Waals surface area (Å²) in [5, 5.41) is 0.405. The molecule has 0 amide bonds. The van der Waals surface area contributed by atoms with Gasteiger partial charge in [-0.2, -0.15) is 0 Å². The lowest BCUT2D eigenvalue weighted by Crippen LogP contribution is -1.99. The van der Waals surface area contributed by atoms with Gasteiger partial charge in [-0.15, -0.1) is 0 Å². The molecule has 1 aromatic carbocycles. The summed E-state index contributed by atoms with van der Waals surface area (Å²) in [7, 11) is 0. The molecule has 0 bridgehead atoms.